The predicted molar refractivity (Wildman–Crippen MR) is 111 cm³/mol. The van der Waals surface area contributed by atoms with Gasteiger partial charge in [0.1, 0.15) is 5.56 Å². The number of carboxylic acid groups (broad SMARTS) is 1. The van der Waals surface area contributed by atoms with E-state index in [1.165, 1.54) is 13.3 Å². The Kier molecular flexibility index (Phi) is 5.05. The lowest BCUT2D eigenvalue weighted by Crippen LogP contribution is -2.25. The van der Waals surface area contributed by atoms with Crippen LogP contribution in [-0.4, -0.2) is 34.6 Å². The smallest absolute Gasteiger partial charge is 0.339 e. The zero-order chi connectivity index (χ0) is 21.4. The van der Waals surface area contributed by atoms with Crippen LogP contribution in [0.4, 0.5) is 5.69 Å². The van der Waals surface area contributed by atoms with Gasteiger partial charge in [0.05, 0.1) is 24.1 Å². The maximum atomic E-state index is 12.4. The fourth-order valence-corrected chi connectivity index (χ4v) is 3.90. The minimum Gasteiger partial charge on any atom is -0.478 e. The van der Waals surface area contributed by atoms with Gasteiger partial charge in [-0.25, -0.2) is 9.59 Å². The maximum absolute atomic E-state index is 12.4. The van der Waals surface area contributed by atoms with Crippen molar-refractivity contribution in [3.63, 3.8) is 0 Å². The van der Waals surface area contributed by atoms with Gasteiger partial charge in [-0.2, -0.15) is 0 Å². The second-order valence-electron chi connectivity index (χ2n) is 6.88. The summed E-state index contributed by atoms with van der Waals surface area (Å²) in [4.78, 5) is 36.0. The van der Waals surface area contributed by atoms with E-state index < -0.39 is 17.9 Å². The molecule has 0 fully saturated rings. The third-order valence-corrected chi connectivity index (χ3v) is 5.31. The molecule has 2 aromatic carbocycles. The lowest BCUT2D eigenvalue weighted by molar-refractivity contribution is -0.116. The van der Waals surface area contributed by atoms with Crippen LogP contribution in [0.5, 0.6) is 0 Å². The number of esters is 1. The summed E-state index contributed by atoms with van der Waals surface area (Å²) in [5, 5.41) is 12.9. The van der Waals surface area contributed by atoms with Crippen molar-refractivity contribution in [1.82, 2.24) is 4.57 Å². The number of aromatic carboxylic acids is 1. The molecule has 2 heterocycles. The van der Waals surface area contributed by atoms with Gasteiger partial charge in [0.2, 0.25) is 5.91 Å². The molecule has 4 rings (SSSR count). The quantitative estimate of drug-likeness (QED) is 0.615. The standard InChI is InChI=1S/C22H17ClN2O5/c1-30-22(29)13-7-5-12(6-8-13)16-10-18(26)24-19-17(21(27)28)11-25(20(16)19)15-4-2-3-14(23)9-15/h2-9,11,16H,10H2,1H3,(H,24,26)(H,27,28). The Morgan fingerprint density at radius 3 is 2.57 bits per heavy atom. The lowest BCUT2D eigenvalue weighted by atomic mass is 9.87. The number of anilines is 1. The van der Waals surface area contributed by atoms with Gasteiger partial charge in [-0.05, 0) is 35.9 Å². The summed E-state index contributed by atoms with van der Waals surface area (Å²) in [6.07, 6.45) is 1.62. The van der Waals surface area contributed by atoms with Crippen LogP contribution in [0.25, 0.3) is 5.69 Å². The molecule has 2 N–H and O–H groups in total. The molecule has 1 unspecified atom stereocenters. The van der Waals surface area contributed by atoms with Gasteiger partial charge in [-0.15, -0.1) is 0 Å². The summed E-state index contributed by atoms with van der Waals surface area (Å²) >= 11 is 6.14. The molecule has 1 amide bonds. The summed E-state index contributed by atoms with van der Waals surface area (Å²) in [5.74, 6) is -2.29. The van der Waals surface area contributed by atoms with Crippen LogP contribution in [0.15, 0.2) is 54.7 Å². The molecule has 0 spiro atoms. The van der Waals surface area contributed by atoms with Gasteiger partial charge in [-0.1, -0.05) is 29.8 Å². The molecule has 1 aromatic heterocycles. The van der Waals surface area contributed by atoms with Gasteiger partial charge in [0.15, 0.2) is 0 Å². The minimum absolute atomic E-state index is 0.00536. The summed E-state index contributed by atoms with van der Waals surface area (Å²) in [6.45, 7) is 0. The van der Waals surface area contributed by atoms with E-state index in [9.17, 15) is 19.5 Å². The fraction of sp³-hybridized carbons (Fsp3) is 0.136. The van der Waals surface area contributed by atoms with Crippen molar-refractivity contribution in [2.45, 2.75) is 12.3 Å². The molecule has 0 aliphatic carbocycles. The van der Waals surface area contributed by atoms with Crippen molar-refractivity contribution in [3.8, 4) is 5.69 Å². The van der Waals surface area contributed by atoms with E-state index in [0.717, 1.165) is 5.56 Å². The second kappa shape index (κ2) is 7.68. The molecule has 8 heteroatoms. The second-order valence-corrected chi connectivity index (χ2v) is 7.31. The number of aromatic nitrogens is 1. The van der Waals surface area contributed by atoms with Crippen LogP contribution in [0.1, 0.15) is 44.3 Å². The first-order chi connectivity index (χ1) is 14.4. The van der Waals surface area contributed by atoms with Crippen LogP contribution < -0.4 is 5.32 Å². The van der Waals surface area contributed by atoms with E-state index in [4.69, 9.17) is 16.3 Å². The van der Waals surface area contributed by atoms with E-state index in [-0.39, 0.29) is 23.6 Å². The number of nitrogens with one attached hydrogen (secondary N) is 1. The molecule has 30 heavy (non-hydrogen) atoms. The van der Waals surface area contributed by atoms with E-state index in [1.54, 1.807) is 47.0 Å². The van der Waals surface area contributed by atoms with Crippen molar-refractivity contribution in [2.24, 2.45) is 0 Å². The molecular formula is C22H17ClN2O5. The Bertz CT molecular complexity index is 1170. The van der Waals surface area contributed by atoms with Gasteiger partial charge in [0, 0.05) is 29.2 Å². The first-order valence-corrected chi connectivity index (χ1v) is 9.49. The highest BCUT2D eigenvalue weighted by Gasteiger charge is 2.34. The molecular weight excluding hydrogens is 408 g/mol. The number of benzene rings is 2. The number of ether oxygens (including phenoxy) is 1. The topological polar surface area (TPSA) is 97.6 Å². The van der Waals surface area contributed by atoms with E-state index in [1.807, 2.05) is 6.07 Å². The Balaban J connectivity index is 1.89. The number of carboxylic acids is 1. The number of carbonyl (C=O) groups is 3. The van der Waals surface area contributed by atoms with Crippen molar-refractivity contribution in [2.75, 3.05) is 12.4 Å². The van der Waals surface area contributed by atoms with Crippen LogP contribution in [-0.2, 0) is 9.53 Å². The average molecular weight is 425 g/mol. The number of nitrogens with zero attached hydrogens (tertiary/aromatic N) is 1. The molecule has 0 bridgehead atoms. The van der Waals surface area contributed by atoms with Crippen LogP contribution >= 0.6 is 11.6 Å². The van der Waals surface area contributed by atoms with Gasteiger partial charge in [0.25, 0.3) is 0 Å². The zero-order valence-corrected chi connectivity index (χ0v) is 16.6. The Morgan fingerprint density at radius 1 is 1.20 bits per heavy atom. The molecule has 3 aromatic rings. The van der Waals surface area contributed by atoms with Crippen molar-refractivity contribution in [1.29, 1.82) is 0 Å². The van der Waals surface area contributed by atoms with Crippen molar-refractivity contribution in [3.05, 3.63) is 82.1 Å². The van der Waals surface area contributed by atoms with Gasteiger partial charge in [-0.3, -0.25) is 4.79 Å². The maximum Gasteiger partial charge on any atom is 0.339 e. The Morgan fingerprint density at radius 2 is 1.93 bits per heavy atom. The number of hydrogen-bond donors (Lipinski definition) is 2. The summed E-state index contributed by atoms with van der Waals surface area (Å²) in [6, 6.07) is 13.8. The number of fused-ring (bicyclic) bond motifs is 1. The van der Waals surface area contributed by atoms with E-state index in [0.29, 0.717) is 22.0 Å². The number of hydrogen-bond acceptors (Lipinski definition) is 4. The molecule has 152 valence electrons. The molecule has 0 saturated carbocycles. The highest BCUT2D eigenvalue weighted by atomic mass is 35.5. The molecule has 7 nitrogen and oxygen atoms in total. The van der Waals surface area contributed by atoms with Crippen molar-refractivity contribution >= 4 is 35.1 Å². The number of carbonyl (C=O) groups excluding carboxylic acids is 2. The monoisotopic (exact) mass is 424 g/mol. The molecule has 1 aliphatic rings. The Labute approximate surface area is 176 Å². The van der Waals surface area contributed by atoms with Crippen LogP contribution in [0, 0.1) is 0 Å². The summed E-state index contributed by atoms with van der Waals surface area (Å²) in [5.41, 5.74) is 2.74. The number of rotatable bonds is 4. The molecule has 0 saturated heterocycles. The van der Waals surface area contributed by atoms with Crippen LogP contribution in [0.2, 0.25) is 5.02 Å². The Hall–Kier alpha value is -3.58. The highest BCUT2D eigenvalue weighted by molar-refractivity contribution is 6.30. The molecule has 1 aliphatic heterocycles. The minimum atomic E-state index is -1.14. The summed E-state index contributed by atoms with van der Waals surface area (Å²) in [7, 11) is 1.30. The summed E-state index contributed by atoms with van der Waals surface area (Å²) < 4.78 is 6.47. The highest BCUT2D eigenvalue weighted by Crippen LogP contribution is 2.41. The first kappa shape index (κ1) is 19.7. The largest absolute Gasteiger partial charge is 0.478 e. The fourth-order valence-electron chi connectivity index (χ4n) is 3.71. The molecule has 1 atom stereocenters. The normalized spacial score (nSPS) is 15.3. The van der Waals surface area contributed by atoms with Crippen molar-refractivity contribution < 1.29 is 24.2 Å². The number of amides is 1. The predicted octanol–water partition coefficient (Wildman–Crippen LogP) is 4.09. The van der Waals surface area contributed by atoms with Gasteiger partial charge >= 0.3 is 11.9 Å². The van der Waals surface area contributed by atoms with E-state index >= 15 is 0 Å². The van der Waals surface area contributed by atoms with E-state index in [2.05, 4.69) is 5.32 Å². The lowest BCUT2D eigenvalue weighted by Gasteiger charge is -2.26. The average Bonchev–Trinajstić information content (AvgIpc) is 3.12. The SMILES string of the molecule is COC(=O)c1ccc(C2CC(=O)Nc3c(C(=O)O)cn(-c4cccc(Cl)c4)c32)cc1. The van der Waals surface area contributed by atoms with Crippen LogP contribution in [0.3, 0.4) is 0 Å². The number of halogens is 1. The third-order valence-electron chi connectivity index (χ3n) is 5.08. The third kappa shape index (κ3) is 3.44. The molecule has 0 radical (unpaired) electrons. The van der Waals surface area contributed by atoms with Gasteiger partial charge < -0.3 is 19.7 Å². The zero-order valence-electron chi connectivity index (χ0n) is 15.9. The number of methoxy groups -OCH3 is 1. The first-order valence-electron chi connectivity index (χ1n) is 9.11.